The van der Waals surface area contributed by atoms with Crippen molar-refractivity contribution >= 4 is 5.91 Å². The maximum absolute atomic E-state index is 12.9. The lowest BCUT2D eigenvalue weighted by atomic mass is 9.93. The van der Waals surface area contributed by atoms with Crippen LogP contribution in [0.15, 0.2) is 30.6 Å². The molecule has 1 aliphatic carbocycles. The largest absolute Gasteiger partial charge is 0.342 e. The van der Waals surface area contributed by atoms with Gasteiger partial charge in [-0.15, -0.1) is 10.2 Å². The molecule has 2 aliphatic rings. The molecule has 23 heavy (non-hydrogen) atoms. The maximum atomic E-state index is 12.9. The summed E-state index contributed by atoms with van der Waals surface area (Å²) in [7, 11) is 1.99. The second-order valence-corrected chi connectivity index (χ2v) is 6.69. The molecule has 4 rings (SSSR count). The number of nitrogens with zero attached hydrogens (tertiary/aromatic N) is 4. The first-order valence-electron chi connectivity index (χ1n) is 8.44. The summed E-state index contributed by atoms with van der Waals surface area (Å²) < 4.78 is 2.00. The van der Waals surface area contributed by atoms with Crippen molar-refractivity contribution in [3.05, 3.63) is 47.5 Å². The average molecular weight is 310 g/mol. The van der Waals surface area contributed by atoms with Crippen LogP contribution in [-0.2, 0) is 18.3 Å². The average Bonchev–Trinajstić information content (AvgIpc) is 3.20. The lowest BCUT2D eigenvalue weighted by Gasteiger charge is -2.33. The summed E-state index contributed by atoms with van der Waals surface area (Å²) in [5.74, 6) is 1.84. The molecule has 120 valence electrons. The third kappa shape index (κ3) is 2.54. The molecule has 0 N–H and O–H groups in total. The van der Waals surface area contributed by atoms with Crippen molar-refractivity contribution in [3.63, 3.8) is 0 Å². The van der Waals surface area contributed by atoms with E-state index >= 15 is 0 Å². The van der Waals surface area contributed by atoms with Gasteiger partial charge in [-0.3, -0.25) is 4.79 Å². The minimum absolute atomic E-state index is 0.0672. The quantitative estimate of drug-likeness (QED) is 0.855. The molecule has 5 nitrogen and oxygen atoms in total. The van der Waals surface area contributed by atoms with Gasteiger partial charge in [-0.2, -0.15) is 0 Å². The van der Waals surface area contributed by atoms with Crippen molar-refractivity contribution in [1.82, 2.24) is 19.7 Å². The van der Waals surface area contributed by atoms with E-state index in [2.05, 4.69) is 33.3 Å². The van der Waals surface area contributed by atoms with Crippen molar-refractivity contribution in [3.8, 4) is 0 Å². The van der Waals surface area contributed by atoms with E-state index in [-0.39, 0.29) is 5.92 Å². The number of hydrogen-bond donors (Lipinski definition) is 0. The fraction of sp³-hybridized carbons (Fsp3) is 0.500. The molecular formula is C18H22N4O. The van der Waals surface area contributed by atoms with Gasteiger partial charge in [-0.1, -0.05) is 24.3 Å². The summed E-state index contributed by atoms with van der Waals surface area (Å²) in [5, 5.41) is 8.20. The Kier molecular flexibility index (Phi) is 3.63. The third-order valence-corrected chi connectivity index (χ3v) is 5.35. The Hall–Kier alpha value is -2.17. The molecule has 2 heterocycles. The van der Waals surface area contributed by atoms with Gasteiger partial charge in [0.15, 0.2) is 0 Å². The lowest BCUT2D eigenvalue weighted by Crippen LogP contribution is -2.40. The molecule has 1 aliphatic heterocycles. The Morgan fingerprint density at radius 1 is 1.17 bits per heavy atom. The second kappa shape index (κ2) is 5.80. The minimum Gasteiger partial charge on any atom is -0.342 e. The summed E-state index contributed by atoms with van der Waals surface area (Å²) in [6.45, 7) is 1.66. The highest BCUT2D eigenvalue weighted by atomic mass is 16.2. The Balaban J connectivity index is 1.43. The van der Waals surface area contributed by atoms with Crippen LogP contribution in [0.3, 0.4) is 0 Å². The van der Waals surface area contributed by atoms with Gasteiger partial charge in [0.2, 0.25) is 5.91 Å². The Morgan fingerprint density at radius 3 is 2.70 bits per heavy atom. The molecule has 0 saturated carbocycles. The molecule has 2 aromatic rings. The highest BCUT2D eigenvalue weighted by Crippen LogP contribution is 2.35. The topological polar surface area (TPSA) is 51.0 Å². The summed E-state index contributed by atoms with van der Waals surface area (Å²) >= 11 is 0. The zero-order valence-electron chi connectivity index (χ0n) is 13.5. The van der Waals surface area contributed by atoms with E-state index in [4.69, 9.17) is 0 Å². The SMILES string of the molecule is Cn1cnnc1C1CCN(C(=O)C2CCc3ccccc32)CC1. The first-order chi connectivity index (χ1) is 11.2. The fourth-order valence-corrected chi connectivity index (χ4v) is 4.05. The number of carbonyl (C=O) groups is 1. The number of amides is 1. The van der Waals surface area contributed by atoms with Gasteiger partial charge in [0.1, 0.15) is 12.2 Å². The summed E-state index contributed by atoms with van der Waals surface area (Å²) in [6, 6.07) is 8.39. The fourth-order valence-electron chi connectivity index (χ4n) is 4.05. The van der Waals surface area contributed by atoms with Crippen LogP contribution in [0.25, 0.3) is 0 Å². The molecule has 1 fully saturated rings. The summed E-state index contributed by atoms with van der Waals surface area (Å²) in [6.07, 6.45) is 5.70. The lowest BCUT2D eigenvalue weighted by molar-refractivity contribution is -0.133. The molecule has 1 unspecified atom stereocenters. The number of rotatable bonds is 2. The van der Waals surface area contributed by atoms with Gasteiger partial charge >= 0.3 is 0 Å². The van der Waals surface area contributed by atoms with E-state index in [1.807, 2.05) is 17.7 Å². The molecule has 1 aromatic heterocycles. The van der Waals surface area contributed by atoms with Gasteiger partial charge in [-0.05, 0) is 36.8 Å². The molecule has 1 saturated heterocycles. The highest BCUT2D eigenvalue weighted by Gasteiger charge is 2.34. The van der Waals surface area contributed by atoms with Gasteiger partial charge in [0.25, 0.3) is 0 Å². The number of aryl methyl sites for hydroxylation is 2. The molecule has 0 bridgehead atoms. The van der Waals surface area contributed by atoms with Crippen LogP contribution in [0.2, 0.25) is 0 Å². The van der Waals surface area contributed by atoms with E-state index in [0.717, 1.165) is 44.6 Å². The smallest absolute Gasteiger partial charge is 0.230 e. The molecule has 5 heteroatoms. The number of fused-ring (bicyclic) bond motifs is 1. The molecule has 0 spiro atoms. The Labute approximate surface area is 136 Å². The highest BCUT2D eigenvalue weighted by molar-refractivity contribution is 5.85. The number of piperidine rings is 1. The zero-order valence-corrected chi connectivity index (χ0v) is 13.5. The van der Waals surface area contributed by atoms with E-state index in [9.17, 15) is 4.79 Å². The normalized spacial score (nSPS) is 21.4. The van der Waals surface area contributed by atoms with E-state index in [1.165, 1.54) is 11.1 Å². The van der Waals surface area contributed by atoms with Gasteiger partial charge in [0.05, 0.1) is 5.92 Å². The van der Waals surface area contributed by atoms with Crippen molar-refractivity contribution < 1.29 is 4.79 Å². The van der Waals surface area contributed by atoms with Crippen LogP contribution in [0.1, 0.15) is 48.0 Å². The predicted octanol–water partition coefficient (Wildman–Crippen LogP) is 2.25. The van der Waals surface area contributed by atoms with Crippen LogP contribution in [-0.4, -0.2) is 38.7 Å². The Bertz CT molecular complexity index is 715. The maximum Gasteiger partial charge on any atom is 0.230 e. The molecule has 1 aromatic carbocycles. The predicted molar refractivity (Wildman–Crippen MR) is 87.1 cm³/mol. The first kappa shape index (κ1) is 14.4. The number of benzene rings is 1. The molecule has 1 atom stereocenters. The van der Waals surface area contributed by atoms with Crippen LogP contribution in [0.4, 0.5) is 0 Å². The number of likely N-dealkylation sites (tertiary alicyclic amines) is 1. The third-order valence-electron chi connectivity index (χ3n) is 5.35. The number of hydrogen-bond acceptors (Lipinski definition) is 3. The van der Waals surface area contributed by atoms with Gasteiger partial charge < -0.3 is 9.47 Å². The molecule has 0 radical (unpaired) electrons. The van der Waals surface area contributed by atoms with E-state index < -0.39 is 0 Å². The minimum atomic E-state index is 0.0672. The van der Waals surface area contributed by atoms with Crippen molar-refractivity contribution in [1.29, 1.82) is 0 Å². The standard InChI is InChI=1S/C18H22N4O/c1-21-12-19-20-17(21)14-8-10-22(11-9-14)18(23)16-7-6-13-4-2-3-5-15(13)16/h2-5,12,14,16H,6-11H2,1H3. The van der Waals surface area contributed by atoms with E-state index in [1.54, 1.807) is 6.33 Å². The Morgan fingerprint density at radius 2 is 1.96 bits per heavy atom. The van der Waals surface area contributed by atoms with Gasteiger partial charge in [0, 0.05) is 26.1 Å². The summed E-state index contributed by atoms with van der Waals surface area (Å²) in [4.78, 5) is 15.0. The van der Waals surface area contributed by atoms with E-state index in [0.29, 0.717) is 11.8 Å². The zero-order chi connectivity index (χ0) is 15.8. The van der Waals surface area contributed by atoms with Crippen LogP contribution in [0, 0.1) is 0 Å². The van der Waals surface area contributed by atoms with Crippen molar-refractivity contribution in [2.45, 2.75) is 37.5 Å². The number of aromatic nitrogens is 3. The van der Waals surface area contributed by atoms with Gasteiger partial charge in [-0.25, -0.2) is 0 Å². The van der Waals surface area contributed by atoms with Crippen LogP contribution < -0.4 is 0 Å². The number of carbonyl (C=O) groups excluding carboxylic acids is 1. The van der Waals surface area contributed by atoms with Crippen LogP contribution >= 0.6 is 0 Å². The van der Waals surface area contributed by atoms with Crippen molar-refractivity contribution in [2.24, 2.45) is 7.05 Å². The first-order valence-corrected chi connectivity index (χ1v) is 8.44. The summed E-state index contributed by atoms with van der Waals surface area (Å²) in [5.41, 5.74) is 2.59. The van der Waals surface area contributed by atoms with Crippen LogP contribution in [0.5, 0.6) is 0 Å². The van der Waals surface area contributed by atoms with Crippen molar-refractivity contribution in [2.75, 3.05) is 13.1 Å². The molecule has 1 amide bonds. The second-order valence-electron chi connectivity index (χ2n) is 6.69. The molecular weight excluding hydrogens is 288 g/mol. The monoisotopic (exact) mass is 310 g/mol.